The molecular weight excluding hydrogens is 206 g/mol. The van der Waals surface area contributed by atoms with E-state index < -0.39 is 0 Å². The van der Waals surface area contributed by atoms with E-state index in [0.29, 0.717) is 12.0 Å². The summed E-state index contributed by atoms with van der Waals surface area (Å²) < 4.78 is 0. The SMILES string of the molecule is CC1(C)CC(CN)(c2ccccc2Cl)C1. The summed E-state index contributed by atoms with van der Waals surface area (Å²) >= 11 is 6.24. The zero-order valence-corrected chi connectivity index (χ0v) is 10.1. The lowest BCUT2D eigenvalue weighted by atomic mass is 9.52. The molecule has 0 bridgehead atoms. The molecule has 0 saturated heterocycles. The standard InChI is InChI=1S/C13H18ClN/c1-12(2)7-13(8-12,9-15)10-5-3-4-6-11(10)14/h3-6H,7-9,15H2,1-2H3. The van der Waals surface area contributed by atoms with Crippen LogP contribution in [0.2, 0.25) is 5.02 Å². The van der Waals surface area contributed by atoms with Crippen LogP contribution in [0.15, 0.2) is 24.3 Å². The fourth-order valence-electron chi connectivity index (χ4n) is 3.12. The molecule has 0 aliphatic heterocycles. The highest BCUT2D eigenvalue weighted by Gasteiger charge is 2.49. The van der Waals surface area contributed by atoms with E-state index in [1.165, 1.54) is 5.56 Å². The van der Waals surface area contributed by atoms with Gasteiger partial charge in [0.05, 0.1) is 0 Å². The molecule has 0 aromatic heterocycles. The Morgan fingerprint density at radius 3 is 2.33 bits per heavy atom. The quantitative estimate of drug-likeness (QED) is 0.818. The molecular formula is C13H18ClN. The zero-order valence-electron chi connectivity index (χ0n) is 9.39. The molecule has 1 aliphatic carbocycles. The predicted molar refractivity (Wildman–Crippen MR) is 65.2 cm³/mol. The molecule has 2 rings (SSSR count). The fourth-order valence-corrected chi connectivity index (χ4v) is 3.45. The van der Waals surface area contributed by atoms with Crippen LogP contribution in [0.25, 0.3) is 0 Å². The van der Waals surface area contributed by atoms with Gasteiger partial charge in [-0.2, -0.15) is 0 Å². The van der Waals surface area contributed by atoms with Gasteiger partial charge >= 0.3 is 0 Å². The summed E-state index contributed by atoms with van der Waals surface area (Å²) in [6, 6.07) is 8.09. The van der Waals surface area contributed by atoms with Gasteiger partial charge in [0.2, 0.25) is 0 Å². The van der Waals surface area contributed by atoms with Crippen LogP contribution in [0.1, 0.15) is 32.3 Å². The minimum atomic E-state index is 0.127. The molecule has 1 nitrogen and oxygen atoms in total. The number of rotatable bonds is 2. The average molecular weight is 224 g/mol. The van der Waals surface area contributed by atoms with Crippen molar-refractivity contribution in [2.45, 2.75) is 32.1 Å². The minimum Gasteiger partial charge on any atom is -0.330 e. The molecule has 0 amide bonds. The van der Waals surface area contributed by atoms with E-state index in [1.807, 2.05) is 18.2 Å². The van der Waals surface area contributed by atoms with Crippen molar-refractivity contribution in [3.05, 3.63) is 34.9 Å². The Hall–Kier alpha value is -0.530. The number of nitrogens with two attached hydrogens (primary N) is 1. The second-order valence-corrected chi connectivity index (χ2v) is 5.89. The van der Waals surface area contributed by atoms with E-state index in [4.69, 9.17) is 17.3 Å². The molecule has 1 aromatic carbocycles. The van der Waals surface area contributed by atoms with Crippen LogP contribution in [0.3, 0.4) is 0 Å². The van der Waals surface area contributed by atoms with Crippen molar-refractivity contribution in [2.75, 3.05) is 6.54 Å². The Morgan fingerprint density at radius 2 is 1.87 bits per heavy atom. The van der Waals surface area contributed by atoms with Gasteiger partial charge in [-0.05, 0) is 29.9 Å². The second-order valence-electron chi connectivity index (χ2n) is 5.48. The maximum absolute atomic E-state index is 6.24. The zero-order chi connectivity index (χ0) is 11.1. The number of halogens is 1. The first-order valence-corrected chi connectivity index (χ1v) is 5.82. The Kier molecular flexibility index (Phi) is 2.56. The normalized spacial score (nSPS) is 22.1. The molecule has 1 saturated carbocycles. The van der Waals surface area contributed by atoms with Crippen LogP contribution in [-0.4, -0.2) is 6.54 Å². The van der Waals surface area contributed by atoms with Gasteiger partial charge < -0.3 is 5.73 Å². The van der Waals surface area contributed by atoms with Gasteiger partial charge in [-0.3, -0.25) is 0 Å². The van der Waals surface area contributed by atoms with E-state index in [-0.39, 0.29) is 5.41 Å². The molecule has 1 fully saturated rings. The van der Waals surface area contributed by atoms with E-state index in [2.05, 4.69) is 19.9 Å². The molecule has 0 heterocycles. The first-order valence-electron chi connectivity index (χ1n) is 5.44. The average Bonchev–Trinajstić information content (AvgIpc) is 2.14. The lowest BCUT2D eigenvalue weighted by molar-refractivity contribution is 0.0635. The highest BCUT2D eigenvalue weighted by molar-refractivity contribution is 6.31. The molecule has 0 atom stereocenters. The van der Waals surface area contributed by atoms with E-state index in [1.54, 1.807) is 0 Å². The number of benzene rings is 1. The maximum atomic E-state index is 6.24. The van der Waals surface area contributed by atoms with Crippen molar-refractivity contribution in [3.63, 3.8) is 0 Å². The molecule has 1 aromatic rings. The van der Waals surface area contributed by atoms with Crippen LogP contribution in [0.5, 0.6) is 0 Å². The van der Waals surface area contributed by atoms with Crippen molar-refractivity contribution in [2.24, 2.45) is 11.1 Å². The van der Waals surface area contributed by atoms with Crippen molar-refractivity contribution < 1.29 is 0 Å². The van der Waals surface area contributed by atoms with Crippen LogP contribution >= 0.6 is 11.6 Å². The number of hydrogen-bond acceptors (Lipinski definition) is 1. The van der Waals surface area contributed by atoms with Gasteiger partial charge in [0.25, 0.3) is 0 Å². The first-order chi connectivity index (χ1) is 6.99. The van der Waals surface area contributed by atoms with Gasteiger partial charge in [-0.15, -0.1) is 0 Å². The Balaban J connectivity index is 2.34. The van der Waals surface area contributed by atoms with E-state index in [0.717, 1.165) is 17.9 Å². The summed E-state index contributed by atoms with van der Waals surface area (Å²) in [7, 11) is 0. The molecule has 1 aliphatic rings. The molecule has 15 heavy (non-hydrogen) atoms. The van der Waals surface area contributed by atoms with Crippen molar-refractivity contribution in [3.8, 4) is 0 Å². The summed E-state index contributed by atoms with van der Waals surface area (Å²) in [5.74, 6) is 0. The van der Waals surface area contributed by atoms with Crippen LogP contribution < -0.4 is 5.73 Å². The molecule has 82 valence electrons. The predicted octanol–water partition coefficient (Wildman–Crippen LogP) is 3.36. The summed E-state index contributed by atoms with van der Waals surface area (Å²) in [5, 5.41) is 0.860. The lowest BCUT2D eigenvalue weighted by Crippen LogP contribution is -2.51. The number of hydrogen-bond donors (Lipinski definition) is 1. The largest absolute Gasteiger partial charge is 0.330 e. The smallest absolute Gasteiger partial charge is 0.0444 e. The van der Waals surface area contributed by atoms with Crippen LogP contribution in [0.4, 0.5) is 0 Å². The maximum Gasteiger partial charge on any atom is 0.0444 e. The van der Waals surface area contributed by atoms with Gasteiger partial charge in [0.15, 0.2) is 0 Å². The highest BCUT2D eigenvalue weighted by Crippen LogP contribution is 2.55. The molecule has 0 unspecified atom stereocenters. The topological polar surface area (TPSA) is 26.0 Å². The second kappa shape index (κ2) is 3.50. The van der Waals surface area contributed by atoms with E-state index in [9.17, 15) is 0 Å². The Morgan fingerprint density at radius 1 is 1.27 bits per heavy atom. The van der Waals surface area contributed by atoms with Crippen LogP contribution in [-0.2, 0) is 5.41 Å². The third-order valence-electron chi connectivity index (χ3n) is 3.47. The fraction of sp³-hybridized carbons (Fsp3) is 0.538. The van der Waals surface area contributed by atoms with Gasteiger partial charge in [0, 0.05) is 17.0 Å². The van der Waals surface area contributed by atoms with Gasteiger partial charge in [-0.25, -0.2) is 0 Å². The summed E-state index contributed by atoms with van der Waals surface area (Å²) in [6.45, 7) is 5.27. The Labute approximate surface area is 96.6 Å². The highest BCUT2D eigenvalue weighted by atomic mass is 35.5. The molecule has 2 N–H and O–H groups in total. The molecule has 0 radical (unpaired) electrons. The summed E-state index contributed by atoms with van der Waals surface area (Å²) in [4.78, 5) is 0. The lowest BCUT2D eigenvalue weighted by Gasteiger charge is -2.53. The summed E-state index contributed by atoms with van der Waals surface area (Å²) in [5.41, 5.74) is 7.70. The van der Waals surface area contributed by atoms with E-state index >= 15 is 0 Å². The van der Waals surface area contributed by atoms with Gasteiger partial charge in [-0.1, -0.05) is 43.6 Å². The third kappa shape index (κ3) is 1.79. The van der Waals surface area contributed by atoms with Crippen LogP contribution in [0, 0.1) is 5.41 Å². The minimum absolute atomic E-state index is 0.127. The summed E-state index contributed by atoms with van der Waals surface area (Å²) in [6.07, 6.45) is 2.28. The first kappa shape index (κ1) is 11.0. The van der Waals surface area contributed by atoms with Crippen molar-refractivity contribution in [1.82, 2.24) is 0 Å². The molecule has 0 spiro atoms. The van der Waals surface area contributed by atoms with Gasteiger partial charge in [0.1, 0.15) is 0 Å². The molecule has 2 heteroatoms. The third-order valence-corrected chi connectivity index (χ3v) is 3.80. The van der Waals surface area contributed by atoms with Crippen molar-refractivity contribution >= 4 is 11.6 Å². The Bertz CT molecular complexity index is 363. The monoisotopic (exact) mass is 223 g/mol. The van der Waals surface area contributed by atoms with Crippen molar-refractivity contribution in [1.29, 1.82) is 0 Å².